The van der Waals surface area contributed by atoms with E-state index in [1.165, 1.54) is 77.0 Å². The van der Waals surface area contributed by atoms with Crippen molar-refractivity contribution in [3.8, 4) is 0 Å². The molecule has 0 aliphatic heterocycles. The molecule has 0 rings (SSSR count). The molecule has 0 aliphatic rings. The maximum absolute atomic E-state index is 4.22. The smallest absolute Gasteiger partial charge is 0.00979 e. The maximum atomic E-state index is 4.22. The standard InChI is InChI=1S/C14H30S/c1-2-3-4-5-6-7-8-9-10-11-12-13-14-15/h15H,2-14H2,1H3. The molecule has 0 radical (unpaired) electrons. The molecule has 0 fully saturated rings. The van der Waals surface area contributed by atoms with Crippen LogP contribution < -0.4 is 0 Å². The first-order valence-electron chi connectivity index (χ1n) is 7.02. The third kappa shape index (κ3) is 14.4. The van der Waals surface area contributed by atoms with Crippen LogP contribution in [0.2, 0.25) is 0 Å². The van der Waals surface area contributed by atoms with Crippen molar-refractivity contribution < 1.29 is 0 Å². The molecule has 0 aromatic carbocycles. The molecule has 92 valence electrons. The average molecular weight is 230 g/mol. The van der Waals surface area contributed by atoms with Gasteiger partial charge in [-0.15, -0.1) is 0 Å². The number of hydrogen-bond acceptors (Lipinski definition) is 1. The van der Waals surface area contributed by atoms with E-state index in [4.69, 9.17) is 0 Å². The van der Waals surface area contributed by atoms with Crippen molar-refractivity contribution in [3.05, 3.63) is 0 Å². The molecule has 0 aromatic heterocycles. The highest BCUT2D eigenvalue weighted by atomic mass is 32.1. The van der Waals surface area contributed by atoms with Gasteiger partial charge in [0.2, 0.25) is 0 Å². The van der Waals surface area contributed by atoms with Crippen LogP contribution in [0.4, 0.5) is 0 Å². The summed E-state index contributed by atoms with van der Waals surface area (Å²) in [6.45, 7) is 2.28. The molecule has 15 heavy (non-hydrogen) atoms. The van der Waals surface area contributed by atoms with Crippen LogP contribution in [0, 0.1) is 0 Å². The molecular formula is C14H30S. The Kier molecular flexibility index (Phi) is 14.7. The van der Waals surface area contributed by atoms with E-state index in [0.29, 0.717) is 0 Å². The van der Waals surface area contributed by atoms with Gasteiger partial charge in [-0.1, -0.05) is 77.6 Å². The summed E-state index contributed by atoms with van der Waals surface area (Å²) in [4.78, 5) is 0. The Bertz CT molecular complexity index is 89.5. The normalized spacial score (nSPS) is 10.8. The van der Waals surface area contributed by atoms with E-state index >= 15 is 0 Å². The van der Waals surface area contributed by atoms with Gasteiger partial charge in [0, 0.05) is 0 Å². The molecule has 0 saturated heterocycles. The minimum absolute atomic E-state index is 1.07. The highest BCUT2D eigenvalue weighted by molar-refractivity contribution is 7.80. The summed E-state index contributed by atoms with van der Waals surface area (Å²) in [5, 5.41) is 0. The molecular weight excluding hydrogens is 200 g/mol. The van der Waals surface area contributed by atoms with E-state index in [-0.39, 0.29) is 0 Å². The van der Waals surface area contributed by atoms with E-state index in [9.17, 15) is 0 Å². The lowest BCUT2D eigenvalue weighted by atomic mass is 10.1. The molecule has 0 heterocycles. The van der Waals surface area contributed by atoms with Crippen molar-refractivity contribution in [2.45, 2.75) is 84.0 Å². The van der Waals surface area contributed by atoms with Crippen LogP contribution in [0.1, 0.15) is 84.0 Å². The number of rotatable bonds is 12. The lowest BCUT2D eigenvalue weighted by Crippen LogP contribution is -1.82. The van der Waals surface area contributed by atoms with Gasteiger partial charge in [0.1, 0.15) is 0 Å². The first-order chi connectivity index (χ1) is 7.41. The molecule has 0 N–H and O–H groups in total. The fourth-order valence-electron chi connectivity index (χ4n) is 1.95. The summed E-state index contributed by atoms with van der Waals surface area (Å²) in [5.41, 5.74) is 0. The van der Waals surface area contributed by atoms with Crippen molar-refractivity contribution in [1.29, 1.82) is 0 Å². The minimum atomic E-state index is 1.07. The SMILES string of the molecule is CCCCCCCCCCCCCCS. The molecule has 0 amide bonds. The zero-order chi connectivity index (χ0) is 11.2. The number of unbranched alkanes of at least 4 members (excludes halogenated alkanes) is 11. The Hall–Kier alpha value is 0.350. The molecule has 0 saturated carbocycles. The van der Waals surface area contributed by atoms with Crippen molar-refractivity contribution in [3.63, 3.8) is 0 Å². The van der Waals surface area contributed by atoms with E-state index in [0.717, 1.165) is 5.75 Å². The topological polar surface area (TPSA) is 0 Å². The summed E-state index contributed by atoms with van der Waals surface area (Å²) >= 11 is 4.22. The van der Waals surface area contributed by atoms with Gasteiger partial charge in [0.15, 0.2) is 0 Å². The summed E-state index contributed by atoms with van der Waals surface area (Å²) in [7, 11) is 0. The Morgan fingerprint density at radius 3 is 1.20 bits per heavy atom. The predicted molar refractivity (Wildman–Crippen MR) is 74.9 cm³/mol. The quantitative estimate of drug-likeness (QED) is 0.326. The summed E-state index contributed by atoms with van der Waals surface area (Å²) in [5.74, 6) is 1.07. The van der Waals surface area contributed by atoms with Gasteiger partial charge >= 0.3 is 0 Å². The van der Waals surface area contributed by atoms with Gasteiger partial charge in [0.25, 0.3) is 0 Å². The monoisotopic (exact) mass is 230 g/mol. The molecule has 0 atom stereocenters. The van der Waals surface area contributed by atoms with Crippen LogP contribution in [0.5, 0.6) is 0 Å². The minimum Gasteiger partial charge on any atom is -0.179 e. The maximum Gasteiger partial charge on any atom is -0.00979 e. The van der Waals surface area contributed by atoms with Crippen LogP contribution in [0.3, 0.4) is 0 Å². The predicted octanol–water partition coefficient (Wildman–Crippen LogP) is 5.62. The van der Waals surface area contributed by atoms with Crippen molar-refractivity contribution >= 4 is 12.6 Å². The highest BCUT2D eigenvalue weighted by Gasteiger charge is 1.92. The van der Waals surface area contributed by atoms with E-state index in [2.05, 4.69) is 19.6 Å². The van der Waals surface area contributed by atoms with Gasteiger partial charge in [-0.2, -0.15) is 12.6 Å². The summed E-state index contributed by atoms with van der Waals surface area (Å²) in [6, 6.07) is 0. The fraction of sp³-hybridized carbons (Fsp3) is 1.00. The van der Waals surface area contributed by atoms with E-state index in [1.807, 2.05) is 0 Å². The molecule has 0 spiro atoms. The lowest BCUT2D eigenvalue weighted by Gasteiger charge is -2.01. The van der Waals surface area contributed by atoms with Crippen LogP contribution in [0.25, 0.3) is 0 Å². The van der Waals surface area contributed by atoms with Crippen LogP contribution in [-0.2, 0) is 0 Å². The number of hydrogen-bond donors (Lipinski definition) is 1. The summed E-state index contributed by atoms with van der Waals surface area (Å²) < 4.78 is 0. The van der Waals surface area contributed by atoms with Crippen molar-refractivity contribution in [2.75, 3.05) is 5.75 Å². The zero-order valence-electron chi connectivity index (χ0n) is 10.6. The highest BCUT2D eigenvalue weighted by Crippen LogP contribution is 2.11. The van der Waals surface area contributed by atoms with Gasteiger partial charge in [0.05, 0.1) is 0 Å². The Labute approximate surface area is 103 Å². The lowest BCUT2D eigenvalue weighted by molar-refractivity contribution is 0.548. The van der Waals surface area contributed by atoms with Crippen LogP contribution >= 0.6 is 12.6 Å². The Morgan fingerprint density at radius 2 is 0.867 bits per heavy atom. The third-order valence-corrected chi connectivity index (χ3v) is 3.33. The second-order valence-corrected chi connectivity index (χ2v) is 5.06. The second kappa shape index (κ2) is 14.3. The molecule has 0 bridgehead atoms. The van der Waals surface area contributed by atoms with Gasteiger partial charge in [-0.25, -0.2) is 0 Å². The fourth-order valence-corrected chi connectivity index (χ4v) is 2.18. The molecule has 1 heteroatoms. The van der Waals surface area contributed by atoms with Gasteiger partial charge in [-0.05, 0) is 12.2 Å². The second-order valence-electron chi connectivity index (χ2n) is 4.61. The average Bonchev–Trinajstić information content (AvgIpc) is 2.26. The van der Waals surface area contributed by atoms with E-state index in [1.54, 1.807) is 0 Å². The summed E-state index contributed by atoms with van der Waals surface area (Å²) in [6.07, 6.45) is 17.2. The zero-order valence-corrected chi connectivity index (χ0v) is 11.5. The molecule has 0 unspecified atom stereocenters. The molecule has 0 aromatic rings. The number of thiol groups is 1. The van der Waals surface area contributed by atoms with E-state index < -0.39 is 0 Å². The Balaban J connectivity index is 2.81. The van der Waals surface area contributed by atoms with Crippen molar-refractivity contribution in [2.24, 2.45) is 0 Å². The first kappa shape index (κ1) is 15.3. The third-order valence-electron chi connectivity index (χ3n) is 3.01. The van der Waals surface area contributed by atoms with Crippen LogP contribution in [0.15, 0.2) is 0 Å². The van der Waals surface area contributed by atoms with Gasteiger partial charge in [-0.3, -0.25) is 0 Å². The molecule has 0 aliphatic carbocycles. The Morgan fingerprint density at radius 1 is 0.533 bits per heavy atom. The molecule has 0 nitrogen and oxygen atoms in total. The van der Waals surface area contributed by atoms with Crippen LogP contribution in [-0.4, -0.2) is 5.75 Å². The van der Waals surface area contributed by atoms with Crippen molar-refractivity contribution in [1.82, 2.24) is 0 Å². The first-order valence-corrected chi connectivity index (χ1v) is 7.66. The largest absolute Gasteiger partial charge is 0.179 e. The van der Waals surface area contributed by atoms with Gasteiger partial charge < -0.3 is 0 Å².